The number of nitrogens with zero attached hydrogens (tertiary/aromatic N) is 2. The highest BCUT2D eigenvalue weighted by Gasteiger charge is 2.34. The minimum Gasteiger partial charge on any atom is -0.337 e. The summed E-state index contributed by atoms with van der Waals surface area (Å²) in [5.74, 6) is 0.138. The lowest BCUT2D eigenvalue weighted by atomic mass is 9.99. The van der Waals surface area contributed by atoms with Crippen LogP contribution in [0.3, 0.4) is 0 Å². The van der Waals surface area contributed by atoms with E-state index in [1.807, 2.05) is 30.1 Å². The van der Waals surface area contributed by atoms with E-state index in [0.717, 1.165) is 20.9 Å². The molecule has 1 aliphatic carbocycles. The van der Waals surface area contributed by atoms with Gasteiger partial charge in [0, 0.05) is 33.6 Å². The van der Waals surface area contributed by atoms with Crippen molar-refractivity contribution in [3.63, 3.8) is 0 Å². The average molecular weight is 458 g/mol. The van der Waals surface area contributed by atoms with E-state index in [9.17, 15) is 4.79 Å². The smallest absolute Gasteiger partial charge is 0.253 e. The van der Waals surface area contributed by atoms with Crippen molar-refractivity contribution >= 4 is 37.8 Å². The van der Waals surface area contributed by atoms with E-state index < -0.39 is 0 Å². The zero-order valence-corrected chi connectivity index (χ0v) is 17.5. The average Bonchev–Trinajstić information content (AvgIpc) is 3.00. The van der Waals surface area contributed by atoms with Crippen LogP contribution < -0.4 is 0 Å². The van der Waals surface area contributed by atoms with Crippen molar-refractivity contribution in [1.29, 1.82) is 0 Å². The number of carbonyl (C=O) groups is 1. The molecule has 2 aliphatic rings. The lowest BCUT2D eigenvalue weighted by Gasteiger charge is -2.38. The Hall–Kier alpha value is -0.390. The number of benzene rings is 1. The molecule has 1 saturated heterocycles. The van der Waals surface area contributed by atoms with Crippen LogP contribution in [0.2, 0.25) is 0 Å². The quantitative estimate of drug-likeness (QED) is 0.590. The predicted molar refractivity (Wildman–Crippen MR) is 105 cm³/mol. The van der Waals surface area contributed by atoms with Gasteiger partial charge in [-0.1, -0.05) is 19.3 Å². The second-order valence-corrected chi connectivity index (χ2v) is 8.77. The predicted octanol–water partition coefficient (Wildman–Crippen LogP) is 5.08. The maximum absolute atomic E-state index is 13.1. The molecule has 2 unspecified atom stereocenters. The van der Waals surface area contributed by atoms with E-state index in [1.165, 1.54) is 51.6 Å². The Morgan fingerprint density at radius 1 is 1.04 bits per heavy atom. The molecule has 1 amide bonds. The molecule has 1 aromatic carbocycles. The lowest BCUT2D eigenvalue weighted by Crippen LogP contribution is -2.51. The normalized spacial score (nSPS) is 25.5. The summed E-state index contributed by atoms with van der Waals surface area (Å²) in [5, 5.41) is 0. The second kappa shape index (κ2) is 8.33. The van der Waals surface area contributed by atoms with Gasteiger partial charge in [0.25, 0.3) is 5.91 Å². The van der Waals surface area contributed by atoms with Crippen LogP contribution >= 0.6 is 31.9 Å². The SMILES string of the molecule is CN(C(=O)c1ccc(Br)c(Br)c1)C1CCCCCC1N1CCCC1. The van der Waals surface area contributed by atoms with Gasteiger partial charge in [0.05, 0.1) is 0 Å². The molecule has 1 heterocycles. The highest BCUT2D eigenvalue weighted by molar-refractivity contribution is 9.13. The molecule has 0 spiro atoms. The van der Waals surface area contributed by atoms with Gasteiger partial charge in [0.15, 0.2) is 0 Å². The second-order valence-electron chi connectivity index (χ2n) is 7.06. The number of hydrogen-bond acceptors (Lipinski definition) is 2. The monoisotopic (exact) mass is 456 g/mol. The summed E-state index contributed by atoms with van der Waals surface area (Å²) in [6.07, 6.45) is 8.79. The Morgan fingerprint density at radius 2 is 1.75 bits per heavy atom. The molecule has 24 heavy (non-hydrogen) atoms. The van der Waals surface area contributed by atoms with Gasteiger partial charge in [-0.25, -0.2) is 0 Å². The third-order valence-corrected chi connectivity index (χ3v) is 7.42. The largest absolute Gasteiger partial charge is 0.337 e. The van der Waals surface area contributed by atoms with Crippen molar-refractivity contribution in [3.8, 4) is 0 Å². The van der Waals surface area contributed by atoms with E-state index in [1.54, 1.807) is 0 Å². The van der Waals surface area contributed by atoms with Crippen molar-refractivity contribution in [3.05, 3.63) is 32.7 Å². The fourth-order valence-electron chi connectivity index (χ4n) is 4.20. The van der Waals surface area contributed by atoms with Crippen LogP contribution in [-0.2, 0) is 0 Å². The van der Waals surface area contributed by atoms with Crippen molar-refractivity contribution in [2.45, 2.75) is 57.0 Å². The van der Waals surface area contributed by atoms with Gasteiger partial charge in [-0.3, -0.25) is 9.69 Å². The molecule has 3 nitrogen and oxygen atoms in total. The number of likely N-dealkylation sites (tertiary alicyclic amines) is 1. The van der Waals surface area contributed by atoms with Crippen molar-refractivity contribution in [2.24, 2.45) is 0 Å². The number of likely N-dealkylation sites (N-methyl/N-ethyl adjacent to an activating group) is 1. The summed E-state index contributed by atoms with van der Waals surface area (Å²) in [4.78, 5) is 17.7. The van der Waals surface area contributed by atoms with Crippen LogP contribution in [0, 0.1) is 0 Å². The minimum absolute atomic E-state index is 0.138. The number of carbonyl (C=O) groups excluding carboxylic acids is 1. The van der Waals surface area contributed by atoms with Gasteiger partial charge < -0.3 is 4.90 Å². The molecule has 1 aromatic rings. The van der Waals surface area contributed by atoms with Crippen LogP contribution in [0.4, 0.5) is 0 Å². The van der Waals surface area contributed by atoms with Gasteiger partial charge in [-0.15, -0.1) is 0 Å². The van der Waals surface area contributed by atoms with E-state index in [4.69, 9.17) is 0 Å². The fraction of sp³-hybridized carbons (Fsp3) is 0.632. The first-order valence-corrected chi connectivity index (χ1v) is 10.6. The Kier molecular flexibility index (Phi) is 6.38. The highest BCUT2D eigenvalue weighted by Crippen LogP contribution is 2.30. The van der Waals surface area contributed by atoms with Crippen LogP contribution in [-0.4, -0.2) is 47.9 Å². The molecule has 0 aromatic heterocycles. The van der Waals surface area contributed by atoms with Gasteiger partial charge in [0.2, 0.25) is 0 Å². The fourth-order valence-corrected chi connectivity index (χ4v) is 4.83. The van der Waals surface area contributed by atoms with Crippen molar-refractivity contribution in [2.75, 3.05) is 20.1 Å². The van der Waals surface area contributed by atoms with Gasteiger partial charge in [0.1, 0.15) is 0 Å². The first-order chi connectivity index (χ1) is 11.6. The molecule has 132 valence electrons. The summed E-state index contributed by atoms with van der Waals surface area (Å²) < 4.78 is 1.91. The number of halogens is 2. The molecule has 1 saturated carbocycles. The molecule has 2 fully saturated rings. The number of hydrogen-bond donors (Lipinski definition) is 0. The number of rotatable bonds is 3. The zero-order chi connectivity index (χ0) is 17.1. The Morgan fingerprint density at radius 3 is 2.46 bits per heavy atom. The standard InChI is InChI=1S/C19H26Br2N2O/c1-22(19(24)14-9-10-15(20)16(21)13-14)17-7-3-2-4-8-18(17)23-11-5-6-12-23/h9-10,13,17-18H,2-8,11-12H2,1H3. The van der Waals surface area contributed by atoms with E-state index in [2.05, 4.69) is 36.8 Å². The van der Waals surface area contributed by atoms with Crippen molar-refractivity contribution in [1.82, 2.24) is 9.80 Å². The summed E-state index contributed by atoms with van der Waals surface area (Å²) in [5.41, 5.74) is 0.761. The maximum atomic E-state index is 13.1. The third-order valence-electron chi connectivity index (χ3n) is 5.54. The van der Waals surface area contributed by atoms with Crippen molar-refractivity contribution < 1.29 is 4.79 Å². The molecule has 1 aliphatic heterocycles. The third kappa shape index (κ3) is 4.05. The first-order valence-electron chi connectivity index (χ1n) is 9.04. The molecule has 3 rings (SSSR count). The summed E-state index contributed by atoms with van der Waals surface area (Å²) in [6.45, 7) is 2.40. The minimum atomic E-state index is 0.138. The summed E-state index contributed by atoms with van der Waals surface area (Å²) in [6, 6.07) is 6.64. The van der Waals surface area contributed by atoms with E-state index in [-0.39, 0.29) is 5.91 Å². The maximum Gasteiger partial charge on any atom is 0.253 e. The Bertz CT molecular complexity index is 587. The molecular formula is C19H26Br2N2O. The van der Waals surface area contributed by atoms with E-state index >= 15 is 0 Å². The van der Waals surface area contributed by atoms with Gasteiger partial charge in [-0.2, -0.15) is 0 Å². The van der Waals surface area contributed by atoms with E-state index in [0.29, 0.717) is 12.1 Å². The van der Waals surface area contributed by atoms with Crippen LogP contribution in [0.5, 0.6) is 0 Å². The summed E-state index contributed by atoms with van der Waals surface area (Å²) >= 11 is 6.99. The Labute approximate surface area is 162 Å². The molecule has 2 atom stereocenters. The Balaban J connectivity index is 1.80. The molecule has 0 N–H and O–H groups in total. The zero-order valence-electron chi connectivity index (χ0n) is 14.3. The molecule has 5 heteroatoms. The summed E-state index contributed by atoms with van der Waals surface area (Å²) in [7, 11) is 2.00. The topological polar surface area (TPSA) is 23.6 Å². The highest BCUT2D eigenvalue weighted by atomic mass is 79.9. The lowest BCUT2D eigenvalue weighted by molar-refractivity contribution is 0.0583. The first kappa shape index (κ1) is 18.4. The van der Waals surface area contributed by atoms with Gasteiger partial charge in [-0.05, 0) is 88.8 Å². The van der Waals surface area contributed by atoms with Crippen LogP contribution in [0.25, 0.3) is 0 Å². The molecule has 0 bridgehead atoms. The van der Waals surface area contributed by atoms with Crippen LogP contribution in [0.1, 0.15) is 55.3 Å². The van der Waals surface area contributed by atoms with Gasteiger partial charge >= 0.3 is 0 Å². The molecule has 0 radical (unpaired) electrons. The van der Waals surface area contributed by atoms with Crippen LogP contribution in [0.15, 0.2) is 27.1 Å². The number of amides is 1. The molecular weight excluding hydrogens is 432 g/mol.